The van der Waals surface area contributed by atoms with Gasteiger partial charge in [0.2, 0.25) is 0 Å². The van der Waals surface area contributed by atoms with Gasteiger partial charge in [0.25, 0.3) is 0 Å². The molecule has 4 aromatic rings. The van der Waals surface area contributed by atoms with Gasteiger partial charge in [-0.2, -0.15) is 0 Å². The molecule has 0 radical (unpaired) electrons. The Bertz CT molecular complexity index is 1560. The predicted molar refractivity (Wildman–Crippen MR) is 177 cm³/mol. The normalized spacial score (nSPS) is 12.0. The fraction of sp³-hybridized carbons (Fsp3) is 0.333. The van der Waals surface area contributed by atoms with E-state index >= 15 is 0 Å². The Labute approximate surface area is 263 Å². The van der Waals surface area contributed by atoms with E-state index in [-0.39, 0.29) is 12.2 Å². The topological polar surface area (TPSA) is 79.7 Å². The van der Waals surface area contributed by atoms with Crippen molar-refractivity contribution in [2.75, 3.05) is 26.9 Å². The number of nitrogens with zero attached hydrogens (tertiary/aromatic N) is 2. The SMILES string of the molecule is CCCCOCCOc1ccc(-c2ccc(OC)c(/C=C/C(=O)Cc3ccc(S(=O)Cc4c(C)ncn4CC)cc3)c2)cc1. The van der Waals surface area contributed by atoms with E-state index in [0.717, 1.165) is 70.3 Å². The van der Waals surface area contributed by atoms with E-state index in [9.17, 15) is 9.00 Å². The summed E-state index contributed by atoms with van der Waals surface area (Å²) in [6, 6.07) is 21.3. The summed E-state index contributed by atoms with van der Waals surface area (Å²) in [5.41, 5.74) is 5.61. The molecule has 0 aliphatic rings. The molecule has 0 aliphatic heterocycles. The van der Waals surface area contributed by atoms with E-state index < -0.39 is 10.8 Å². The number of carbonyl (C=O) groups is 1. The first-order valence-electron chi connectivity index (χ1n) is 15.1. The average Bonchev–Trinajstić information content (AvgIpc) is 3.40. The van der Waals surface area contributed by atoms with Gasteiger partial charge in [-0.1, -0.05) is 43.7 Å². The molecule has 0 bridgehead atoms. The molecule has 1 unspecified atom stereocenters. The van der Waals surface area contributed by atoms with Crippen molar-refractivity contribution in [1.29, 1.82) is 0 Å². The summed E-state index contributed by atoms with van der Waals surface area (Å²) in [5.74, 6) is 1.86. The van der Waals surface area contributed by atoms with Gasteiger partial charge in [0.05, 0.1) is 48.0 Å². The van der Waals surface area contributed by atoms with Crippen LogP contribution in [0.5, 0.6) is 11.5 Å². The summed E-state index contributed by atoms with van der Waals surface area (Å²) >= 11 is 0. The molecule has 1 aromatic heterocycles. The second-order valence-corrected chi connectivity index (χ2v) is 11.9. The van der Waals surface area contributed by atoms with Gasteiger partial charge in [-0.25, -0.2) is 4.98 Å². The number of imidazole rings is 1. The lowest BCUT2D eigenvalue weighted by molar-refractivity contribution is -0.113. The molecule has 1 heterocycles. The second-order valence-electron chi connectivity index (χ2n) is 10.5. The van der Waals surface area contributed by atoms with E-state index in [4.69, 9.17) is 14.2 Å². The van der Waals surface area contributed by atoms with Gasteiger partial charge in [0.15, 0.2) is 5.78 Å². The highest BCUT2D eigenvalue weighted by atomic mass is 32.2. The van der Waals surface area contributed by atoms with E-state index in [1.54, 1.807) is 25.6 Å². The largest absolute Gasteiger partial charge is 0.496 e. The van der Waals surface area contributed by atoms with Crippen molar-refractivity contribution in [2.45, 2.75) is 57.2 Å². The van der Waals surface area contributed by atoms with Gasteiger partial charge < -0.3 is 18.8 Å². The molecule has 8 heteroatoms. The van der Waals surface area contributed by atoms with Gasteiger partial charge in [0, 0.05) is 30.0 Å². The first kappa shape index (κ1) is 32.9. The predicted octanol–water partition coefficient (Wildman–Crippen LogP) is 7.22. The Morgan fingerprint density at radius 3 is 2.41 bits per heavy atom. The van der Waals surface area contributed by atoms with Crippen LogP contribution in [-0.4, -0.2) is 46.5 Å². The number of aromatic nitrogens is 2. The van der Waals surface area contributed by atoms with Crippen LogP contribution in [0.4, 0.5) is 0 Å². The molecule has 0 N–H and O–H groups in total. The van der Waals surface area contributed by atoms with Crippen LogP contribution < -0.4 is 9.47 Å². The Morgan fingerprint density at radius 1 is 0.955 bits per heavy atom. The lowest BCUT2D eigenvalue weighted by Gasteiger charge is -2.10. The van der Waals surface area contributed by atoms with E-state index in [1.807, 2.05) is 85.1 Å². The van der Waals surface area contributed by atoms with Gasteiger partial charge >= 0.3 is 0 Å². The van der Waals surface area contributed by atoms with Crippen LogP contribution in [-0.2, 0) is 39.0 Å². The monoisotopic (exact) mass is 614 g/mol. The van der Waals surface area contributed by atoms with Gasteiger partial charge in [-0.15, -0.1) is 0 Å². The molecule has 0 spiro atoms. The molecule has 0 aliphatic carbocycles. The molecule has 44 heavy (non-hydrogen) atoms. The van der Waals surface area contributed by atoms with Crippen molar-refractivity contribution < 1.29 is 23.2 Å². The Balaban J connectivity index is 1.35. The third-order valence-electron chi connectivity index (χ3n) is 7.33. The zero-order valence-electron chi connectivity index (χ0n) is 26.1. The number of methoxy groups -OCH3 is 1. The Kier molecular flexibility index (Phi) is 12.5. The lowest BCUT2D eigenvalue weighted by atomic mass is 10.0. The maximum atomic E-state index is 13.0. The number of unbranched alkanes of at least 4 members (excludes halogenated alkanes) is 1. The maximum Gasteiger partial charge on any atom is 0.160 e. The van der Waals surface area contributed by atoms with E-state index in [2.05, 4.69) is 11.9 Å². The summed E-state index contributed by atoms with van der Waals surface area (Å²) < 4.78 is 31.9. The van der Waals surface area contributed by atoms with Crippen LogP contribution in [0.2, 0.25) is 0 Å². The third-order valence-corrected chi connectivity index (χ3v) is 8.67. The summed E-state index contributed by atoms with van der Waals surface area (Å²) in [5, 5.41) is 0. The molecule has 4 rings (SSSR count). The molecule has 0 saturated heterocycles. The zero-order valence-corrected chi connectivity index (χ0v) is 26.9. The molecular weight excluding hydrogens is 572 g/mol. The van der Waals surface area contributed by atoms with Crippen LogP contribution in [0.3, 0.4) is 0 Å². The number of aryl methyl sites for hydroxylation is 2. The van der Waals surface area contributed by atoms with Gasteiger partial charge in [-0.05, 0) is 85.5 Å². The number of benzene rings is 3. The smallest absolute Gasteiger partial charge is 0.160 e. The lowest BCUT2D eigenvalue weighted by Crippen LogP contribution is -2.07. The van der Waals surface area contributed by atoms with Crippen molar-refractivity contribution >= 4 is 22.7 Å². The van der Waals surface area contributed by atoms with Crippen molar-refractivity contribution in [2.24, 2.45) is 0 Å². The molecule has 7 nitrogen and oxygen atoms in total. The van der Waals surface area contributed by atoms with Crippen LogP contribution in [0.25, 0.3) is 17.2 Å². The minimum Gasteiger partial charge on any atom is -0.496 e. The number of carbonyl (C=O) groups excluding carboxylic acids is 1. The first-order chi connectivity index (χ1) is 21.4. The second kappa shape index (κ2) is 16.7. The average molecular weight is 615 g/mol. The van der Waals surface area contributed by atoms with Gasteiger partial charge in [-0.3, -0.25) is 9.00 Å². The summed E-state index contributed by atoms with van der Waals surface area (Å²) in [7, 11) is 0.423. The van der Waals surface area contributed by atoms with Crippen LogP contribution >= 0.6 is 0 Å². The number of hydrogen-bond acceptors (Lipinski definition) is 6. The van der Waals surface area contributed by atoms with Gasteiger partial charge in [0.1, 0.15) is 18.1 Å². The number of ketones is 1. The van der Waals surface area contributed by atoms with Crippen molar-refractivity contribution in [3.63, 3.8) is 0 Å². The maximum absolute atomic E-state index is 13.0. The van der Waals surface area contributed by atoms with Crippen LogP contribution in [0, 0.1) is 6.92 Å². The van der Waals surface area contributed by atoms with Crippen LogP contribution in [0.1, 0.15) is 49.2 Å². The Morgan fingerprint density at radius 2 is 1.70 bits per heavy atom. The van der Waals surface area contributed by atoms with Crippen molar-refractivity contribution in [1.82, 2.24) is 9.55 Å². The van der Waals surface area contributed by atoms with Crippen molar-refractivity contribution in [3.8, 4) is 22.6 Å². The summed E-state index contributed by atoms with van der Waals surface area (Å²) in [6.45, 7) is 8.78. The zero-order chi connectivity index (χ0) is 31.3. The number of ether oxygens (including phenoxy) is 3. The molecule has 1 atom stereocenters. The molecule has 0 saturated carbocycles. The number of allylic oxidation sites excluding steroid dienone is 1. The first-order valence-corrected chi connectivity index (χ1v) is 16.4. The number of hydrogen-bond donors (Lipinski definition) is 0. The summed E-state index contributed by atoms with van der Waals surface area (Å²) in [6.07, 6.45) is 7.60. The highest BCUT2D eigenvalue weighted by molar-refractivity contribution is 7.84. The highest BCUT2D eigenvalue weighted by Gasteiger charge is 2.13. The molecule has 3 aromatic carbocycles. The van der Waals surface area contributed by atoms with E-state index in [1.165, 1.54) is 0 Å². The number of rotatable bonds is 17. The quantitative estimate of drug-likeness (QED) is 0.0924. The molecule has 0 fully saturated rings. The minimum absolute atomic E-state index is 0.0334. The van der Waals surface area contributed by atoms with Crippen LogP contribution in [0.15, 0.2) is 84.0 Å². The molecule has 0 amide bonds. The molecule has 232 valence electrons. The fourth-order valence-corrected chi connectivity index (χ4v) is 5.96. The third kappa shape index (κ3) is 9.24. The fourth-order valence-electron chi connectivity index (χ4n) is 4.73. The minimum atomic E-state index is -1.20. The standard InChI is InChI=1S/C36H42N2O5S/c1-5-7-20-42-21-22-43-33-15-11-29(12-16-33)30-13-19-36(41-4)31(24-30)10-14-32(39)23-28-8-17-34(18-9-28)44(40)25-35-27(3)37-26-38(35)6-2/h8-19,24,26H,5-7,20-23,25H2,1-4H3/b14-10+. The van der Waals surface area contributed by atoms with Crippen molar-refractivity contribution in [3.05, 3.63) is 102 Å². The summed E-state index contributed by atoms with van der Waals surface area (Å²) in [4.78, 5) is 17.9. The molecular formula is C36H42N2O5S. The Hall–Kier alpha value is -4.01. The highest BCUT2D eigenvalue weighted by Crippen LogP contribution is 2.29. The van der Waals surface area contributed by atoms with E-state index in [0.29, 0.717) is 24.7 Å².